The molecule has 1 amide bonds. The van der Waals surface area contributed by atoms with E-state index in [1.807, 2.05) is 20.8 Å². The van der Waals surface area contributed by atoms with Gasteiger partial charge in [0, 0.05) is 17.3 Å². The molecule has 1 fully saturated rings. The molecular formula is C30H31NO7. The van der Waals surface area contributed by atoms with Gasteiger partial charge in [-0.15, -0.1) is 0 Å². The van der Waals surface area contributed by atoms with Gasteiger partial charge >= 0.3 is 0 Å². The minimum Gasteiger partial charge on any atom is -0.507 e. The maximum Gasteiger partial charge on any atom is 0.300 e. The van der Waals surface area contributed by atoms with Crippen LogP contribution in [0.1, 0.15) is 44.9 Å². The van der Waals surface area contributed by atoms with Crippen LogP contribution in [0, 0.1) is 0 Å². The Balaban J connectivity index is 1.89. The number of rotatable bonds is 9. The van der Waals surface area contributed by atoms with E-state index < -0.39 is 17.7 Å². The monoisotopic (exact) mass is 517 g/mol. The van der Waals surface area contributed by atoms with Gasteiger partial charge in [-0.1, -0.05) is 12.1 Å². The summed E-state index contributed by atoms with van der Waals surface area (Å²) in [5, 5.41) is 21.6. The van der Waals surface area contributed by atoms with Crippen molar-refractivity contribution in [1.82, 2.24) is 0 Å². The Bertz CT molecular complexity index is 1360. The zero-order valence-corrected chi connectivity index (χ0v) is 21.8. The average molecular weight is 518 g/mol. The molecule has 0 bridgehead atoms. The standard InChI is InChI=1S/C30H31NO7/c1-5-36-23-9-7-8-21(17-23)31-27(20-12-15-24(32)25(16-20)37-6-2)26(29(34)30(31)35)28(33)19-10-13-22(14-11-19)38-18(3)4/h7-18,27,32-33H,5-6H2,1-4H3/b28-26-. The lowest BCUT2D eigenvalue weighted by molar-refractivity contribution is -0.132. The van der Waals surface area contributed by atoms with Crippen LogP contribution >= 0.6 is 0 Å². The highest BCUT2D eigenvalue weighted by Gasteiger charge is 2.47. The first-order chi connectivity index (χ1) is 18.2. The fraction of sp³-hybridized carbons (Fsp3) is 0.267. The Kier molecular flexibility index (Phi) is 7.90. The molecule has 2 N–H and O–H groups in total. The number of amides is 1. The van der Waals surface area contributed by atoms with Gasteiger partial charge in [-0.3, -0.25) is 14.5 Å². The lowest BCUT2D eigenvalue weighted by Crippen LogP contribution is -2.29. The van der Waals surface area contributed by atoms with Crippen molar-refractivity contribution < 1.29 is 34.0 Å². The number of hydrogen-bond donors (Lipinski definition) is 2. The van der Waals surface area contributed by atoms with Gasteiger partial charge in [0.2, 0.25) is 0 Å². The first-order valence-electron chi connectivity index (χ1n) is 12.5. The van der Waals surface area contributed by atoms with Crippen molar-refractivity contribution in [2.45, 2.75) is 39.8 Å². The molecule has 0 saturated carbocycles. The first kappa shape index (κ1) is 26.6. The van der Waals surface area contributed by atoms with Gasteiger partial charge in [-0.2, -0.15) is 0 Å². The van der Waals surface area contributed by atoms with Crippen molar-refractivity contribution in [2.24, 2.45) is 0 Å². The number of phenols is 1. The van der Waals surface area contributed by atoms with Crippen LogP contribution in [0.5, 0.6) is 23.0 Å². The SMILES string of the molecule is CCOc1cccc(N2C(=O)C(=O)/C(=C(\O)c3ccc(OC(C)C)cc3)C2c2ccc(O)c(OCC)c2)c1. The van der Waals surface area contributed by atoms with Gasteiger partial charge in [0.1, 0.15) is 17.3 Å². The Morgan fingerprint density at radius 2 is 1.63 bits per heavy atom. The Morgan fingerprint density at radius 1 is 0.921 bits per heavy atom. The number of aliphatic hydroxyl groups is 1. The number of ketones is 1. The van der Waals surface area contributed by atoms with Crippen LogP contribution in [-0.4, -0.2) is 41.2 Å². The summed E-state index contributed by atoms with van der Waals surface area (Å²) in [6, 6.07) is 17.1. The van der Waals surface area contributed by atoms with E-state index in [-0.39, 0.29) is 28.9 Å². The van der Waals surface area contributed by atoms with Crippen LogP contribution in [-0.2, 0) is 9.59 Å². The molecule has 1 unspecified atom stereocenters. The van der Waals surface area contributed by atoms with Crippen LogP contribution in [0.25, 0.3) is 5.76 Å². The number of phenolic OH excluding ortho intramolecular Hbond substituents is 1. The second-order valence-electron chi connectivity index (χ2n) is 8.95. The number of ether oxygens (including phenoxy) is 3. The highest BCUT2D eigenvalue weighted by molar-refractivity contribution is 6.51. The molecule has 38 heavy (non-hydrogen) atoms. The van der Waals surface area contributed by atoms with E-state index in [1.165, 1.54) is 11.0 Å². The molecule has 8 nitrogen and oxygen atoms in total. The molecule has 0 radical (unpaired) electrons. The molecule has 198 valence electrons. The van der Waals surface area contributed by atoms with Gasteiger partial charge in [0.25, 0.3) is 11.7 Å². The molecule has 3 aromatic rings. The maximum atomic E-state index is 13.4. The van der Waals surface area contributed by atoms with Crippen molar-refractivity contribution in [3.8, 4) is 23.0 Å². The predicted octanol–water partition coefficient (Wildman–Crippen LogP) is 5.60. The number of nitrogens with zero attached hydrogens (tertiary/aromatic N) is 1. The fourth-order valence-electron chi connectivity index (χ4n) is 4.39. The summed E-state index contributed by atoms with van der Waals surface area (Å²) in [5.74, 6) is -0.674. The molecule has 1 atom stereocenters. The number of aliphatic hydroxyl groups excluding tert-OH is 1. The number of Topliss-reactive ketones (excluding diaryl/α,β-unsaturated/α-hetero) is 1. The summed E-state index contributed by atoms with van der Waals surface area (Å²) in [6.07, 6.45) is -0.0266. The minimum atomic E-state index is -0.988. The van der Waals surface area contributed by atoms with Crippen molar-refractivity contribution >= 4 is 23.1 Å². The molecule has 1 aliphatic rings. The second-order valence-corrected chi connectivity index (χ2v) is 8.95. The summed E-state index contributed by atoms with van der Waals surface area (Å²) < 4.78 is 16.8. The molecule has 3 aromatic carbocycles. The van der Waals surface area contributed by atoms with Crippen LogP contribution in [0.15, 0.2) is 72.3 Å². The predicted molar refractivity (Wildman–Crippen MR) is 144 cm³/mol. The third kappa shape index (κ3) is 5.29. The van der Waals surface area contributed by atoms with Gasteiger partial charge in [0.05, 0.1) is 30.9 Å². The molecule has 1 saturated heterocycles. The van der Waals surface area contributed by atoms with Crippen molar-refractivity contribution in [3.63, 3.8) is 0 Å². The Morgan fingerprint density at radius 3 is 2.29 bits per heavy atom. The maximum absolute atomic E-state index is 13.4. The summed E-state index contributed by atoms with van der Waals surface area (Å²) in [7, 11) is 0. The van der Waals surface area contributed by atoms with Crippen LogP contribution in [0.3, 0.4) is 0 Å². The Labute approximate surface area is 221 Å². The van der Waals surface area contributed by atoms with Crippen LogP contribution in [0.2, 0.25) is 0 Å². The van der Waals surface area contributed by atoms with E-state index in [4.69, 9.17) is 14.2 Å². The number of carbonyl (C=O) groups is 2. The average Bonchev–Trinajstić information content (AvgIpc) is 3.16. The van der Waals surface area contributed by atoms with E-state index in [0.717, 1.165) is 0 Å². The molecule has 4 rings (SSSR count). The smallest absolute Gasteiger partial charge is 0.300 e. The van der Waals surface area contributed by atoms with Crippen molar-refractivity contribution in [3.05, 3.63) is 83.4 Å². The lowest BCUT2D eigenvalue weighted by Gasteiger charge is -2.26. The number of anilines is 1. The number of carbonyl (C=O) groups excluding carboxylic acids is 2. The largest absolute Gasteiger partial charge is 0.507 e. The Hall–Kier alpha value is -4.46. The van der Waals surface area contributed by atoms with Gasteiger partial charge in [-0.05, 0) is 81.8 Å². The fourth-order valence-corrected chi connectivity index (χ4v) is 4.39. The molecule has 8 heteroatoms. The number of aromatic hydroxyl groups is 1. The molecule has 0 aromatic heterocycles. The normalized spacial score (nSPS) is 16.7. The van der Waals surface area contributed by atoms with E-state index in [9.17, 15) is 19.8 Å². The van der Waals surface area contributed by atoms with Crippen LogP contribution < -0.4 is 19.1 Å². The summed E-state index contributed by atoms with van der Waals surface area (Å²) in [5.41, 5.74) is 1.18. The quantitative estimate of drug-likeness (QED) is 0.216. The molecule has 0 aliphatic carbocycles. The molecule has 0 spiro atoms. The van der Waals surface area contributed by atoms with E-state index >= 15 is 0 Å². The van der Waals surface area contributed by atoms with Gasteiger partial charge in [0.15, 0.2) is 11.5 Å². The summed E-state index contributed by atoms with van der Waals surface area (Å²) in [6.45, 7) is 8.18. The van der Waals surface area contributed by atoms with Crippen molar-refractivity contribution in [1.29, 1.82) is 0 Å². The van der Waals surface area contributed by atoms with Crippen LogP contribution in [0.4, 0.5) is 5.69 Å². The number of hydrogen-bond acceptors (Lipinski definition) is 7. The van der Waals surface area contributed by atoms with Gasteiger partial charge < -0.3 is 24.4 Å². The number of benzene rings is 3. The zero-order valence-electron chi connectivity index (χ0n) is 21.8. The molecule has 1 aliphatic heterocycles. The first-order valence-corrected chi connectivity index (χ1v) is 12.5. The lowest BCUT2D eigenvalue weighted by atomic mass is 9.94. The third-order valence-corrected chi connectivity index (χ3v) is 5.95. The highest BCUT2D eigenvalue weighted by Crippen LogP contribution is 2.44. The third-order valence-electron chi connectivity index (χ3n) is 5.95. The van der Waals surface area contributed by atoms with E-state index in [0.29, 0.717) is 41.5 Å². The zero-order chi connectivity index (χ0) is 27.4. The molecule has 1 heterocycles. The summed E-state index contributed by atoms with van der Waals surface area (Å²) in [4.78, 5) is 28.2. The topological polar surface area (TPSA) is 106 Å². The minimum absolute atomic E-state index is 0.0266. The van der Waals surface area contributed by atoms with E-state index in [2.05, 4.69) is 0 Å². The highest BCUT2D eigenvalue weighted by atomic mass is 16.5. The van der Waals surface area contributed by atoms with Gasteiger partial charge in [-0.25, -0.2) is 0 Å². The van der Waals surface area contributed by atoms with Crippen molar-refractivity contribution in [2.75, 3.05) is 18.1 Å². The second kappa shape index (κ2) is 11.3. The summed E-state index contributed by atoms with van der Waals surface area (Å²) >= 11 is 0. The molecular weight excluding hydrogens is 486 g/mol. The van der Waals surface area contributed by atoms with E-state index in [1.54, 1.807) is 67.6 Å².